The zero-order chi connectivity index (χ0) is 28.4. The van der Waals surface area contributed by atoms with E-state index in [9.17, 15) is 10.1 Å². The third-order valence-corrected chi connectivity index (χ3v) is 9.27. The normalized spacial score (nSPS) is 13.1. The highest BCUT2D eigenvalue weighted by Gasteiger charge is 2.42. The van der Waals surface area contributed by atoms with Crippen LogP contribution in [0.2, 0.25) is 0 Å². The molecule has 1 aliphatic rings. The molecule has 0 saturated heterocycles. The van der Waals surface area contributed by atoms with Gasteiger partial charge in [0.15, 0.2) is 5.78 Å². The lowest BCUT2D eigenvalue weighted by atomic mass is 9.70. The number of nitrogens with zero attached hydrogens (tertiary/aromatic N) is 1. The Bertz CT molecular complexity index is 1300. The summed E-state index contributed by atoms with van der Waals surface area (Å²) in [6, 6.07) is 22.3. The number of carbonyl (C=O) groups is 1. The summed E-state index contributed by atoms with van der Waals surface area (Å²) in [7, 11) is 0. The number of benzene rings is 3. The van der Waals surface area contributed by atoms with Crippen molar-refractivity contribution in [3.63, 3.8) is 0 Å². The molecular weight excluding hydrogens is 554 g/mol. The summed E-state index contributed by atoms with van der Waals surface area (Å²) in [6.07, 6.45) is 17.6. The molecule has 40 heavy (non-hydrogen) atoms. The van der Waals surface area contributed by atoms with E-state index in [1.807, 2.05) is 6.07 Å². The van der Waals surface area contributed by atoms with Crippen LogP contribution in [0.3, 0.4) is 0 Å². The quantitative estimate of drug-likeness (QED) is 0.122. The molecule has 0 bridgehead atoms. The highest BCUT2D eigenvalue weighted by Crippen LogP contribution is 2.55. The molecular formula is C37H44BrNO. The number of halogens is 1. The van der Waals surface area contributed by atoms with Gasteiger partial charge in [-0.1, -0.05) is 125 Å². The number of unbranched alkanes of at least 4 members (excludes halogenated alkanes) is 10. The van der Waals surface area contributed by atoms with Crippen molar-refractivity contribution in [1.82, 2.24) is 0 Å². The van der Waals surface area contributed by atoms with E-state index in [2.05, 4.69) is 66.2 Å². The van der Waals surface area contributed by atoms with Gasteiger partial charge in [0.25, 0.3) is 0 Å². The number of carbonyl (C=O) groups excluding carboxylic acids is 1. The topological polar surface area (TPSA) is 40.9 Å². The third-order valence-electron chi connectivity index (χ3n) is 8.78. The predicted octanol–water partition coefficient (Wildman–Crippen LogP) is 11.3. The zero-order valence-electron chi connectivity index (χ0n) is 24.4. The van der Waals surface area contributed by atoms with Crippen LogP contribution in [0, 0.1) is 11.3 Å². The van der Waals surface area contributed by atoms with Crippen LogP contribution in [0.4, 0.5) is 0 Å². The van der Waals surface area contributed by atoms with Crippen molar-refractivity contribution in [2.45, 2.75) is 109 Å². The first kappa shape index (κ1) is 30.3. The summed E-state index contributed by atoms with van der Waals surface area (Å²) in [5.74, 6) is 0.0254. The number of rotatable bonds is 16. The first-order valence-corrected chi connectivity index (χ1v) is 16.3. The van der Waals surface area contributed by atoms with Crippen LogP contribution in [-0.2, 0) is 5.41 Å². The number of hydrogen-bond acceptors (Lipinski definition) is 2. The fourth-order valence-corrected chi connectivity index (χ4v) is 6.91. The van der Waals surface area contributed by atoms with Crippen molar-refractivity contribution >= 4 is 21.7 Å². The minimum atomic E-state index is -0.0646. The van der Waals surface area contributed by atoms with Crippen LogP contribution >= 0.6 is 15.9 Å². The van der Waals surface area contributed by atoms with Crippen molar-refractivity contribution in [2.24, 2.45) is 0 Å². The molecule has 0 N–H and O–H groups in total. The highest BCUT2D eigenvalue weighted by atomic mass is 79.9. The molecule has 0 heterocycles. The SMILES string of the molecule is CCCCCCCCC1(CCCCCCCC)c2cc(Br)ccc2-c2ccc(C(=O)c3ccc(C#N)cc3)cc21. The van der Waals surface area contributed by atoms with Gasteiger partial charge in [-0.2, -0.15) is 5.26 Å². The second-order valence-corrected chi connectivity index (χ2v) is 12.5. The summed E-state index contributed by atoms with van der Waals surface area (Å²) in [5, 5.41) is 9.18. The molecule has 3 heteroatoms. The maximum atomic E-state index is 13.6. The Labute approximate surface area is 250 Å². The Balaban J connectivity index is 1.69. The average Bonchev–Trinajstić information content (AvgIpc) is 3.24. The monoisotopic (exact) mass is 597 g/mol. The van der Waals surface area contributed by atoms with Crippen molar-refractivity contribution in [1.29, 1.82) is 5.26 Å². The molecule has 2 nitrogen and oxygen atoms in total. The first-order chi connectivity index (χ1) is 19.5. The Morgan fingerprint density at radius 3 is 1.75 bits per heavy atom. The minimum absolute atomic E-state index is 0.0254. The predicted molar refractivity (Wildman–Crippen MR) is 171 cm³/mol. The lowest BCUT2D eigenvalue weighted by Crippen LogP contribution is -2.26. The molecule has 0 aliphatic heterocycles. The number of nitriles is 1. The van der Waals surface area contributed by atoms with Crippen LogP contribution in [0.15, 0.2) is 65.1 Å². The van der Waals surface area contributed by atoms with Gasteiger partial charge in [0.2, 0.25) is 0 Å². The molecule has 0 amide bonds. The van der Waals surface area contributed by atoms with Crippen LogP contribution in [0.25, 0.3) is 11.1 Å². The van der Waals surface area contributed by atoms with Gasteiger partial charge in [0.1, 0.15) is 0 Å². The zero-order valence-corrected chi connectivity index (χ0v) is 26.0. The van der Waals surface area contributed by atoms with Crippen LogP contribution < -0.4 is 0 Å². The molecule has 0 fully saturated rings. The fourth-order valence-electron chi connectivity index (χ4n) is 6.55. The Hall–Kier alpha value is -2.70. The molecule has 0 spiro atoms. The molecule has 0 aromatic heterocycles. The fraction of sp³-hybridized carbons (Fsp3) is 0.459. The highest BCUT2D eigenvalue weighted by molar-refractivity contribution is 9.10. The maximum absolute atomic E-state index is 13.6. The number of fused-ring (bicyclic) bond motifs is 3. The Morgan fingerprint density at radius 1 is 0.675 bits per heavy atom. The van der Waals surface area contributed by atoms with Gasteiger partial charge >= 0.3 is 0 Å². The third kappa shape index (κ3) is 6.95. The van der Waals surface area contributed by atoms with Crippen LogP contribution in [0.5, 0.6) is 0 Å². The molecule has 1 aliphatic carbocycles. The molecule has 4 rings (SSSR count). The molecule has 0 saturated carbocycles. The van der Waals surface area contributed by atoms with E-state index in [1.165, 1.54) is 99.3 Å². The van der Waals surface area contributed by atoms with Crippen molar-refractivity contribution in [3.05, 3.63) is 93.0 Å². The summed E-state index contributed by atoms with van der Waals surface area (Å²) in [5.41, 5.74) is 7.27. The summed E-state index contributed by atoms with van der Waals surface area (Å²) < 4.78 is 1.13. The number of ketones is 1. The van der Waals surface area contributed by atoms with E-state index in [4.69, 9.17) is 0 Å². The summed E-state index contributed by atoms with van der Waals surface area (Å²) in [4.78, 5) is 13.6. The van der Waals surface area contributed by atoms with Gasteiger partial charge in [0, 0.05) is 21.0 Å². The lowest BCUT2D eigenvalue weighted by molar-refractivity contribution is 0.103. The number of hydrogen-bond donors (Lipinski definition) is 0. The standard InChI is InChI=1S/C37H44BrNO/c1-3-5-7-9-11-13-23-37(24-14-12-10-8-6-4-2)34-25-30(36(40)29-17-15-28(27-39)16-18-29)19-21-32(34)33-22-20-31(38)26-35(33)37/h15-22,25-26H,3-14,23-24H2,1-2H3. The van der Waals surface area contributed by atoms with Crippen LogP contribution in [0.1, 0.15) is 136 Å². The van der Waals surface area contributed by atoms with Gasteiger partial charge < -0.3 is 0 Å². The lowest BCUT2D eigenvalue weighted by Gasteiger charge is -2.33. The van der Waals surface area contributed by atoms with Crippen LogP contribution in [-0.4, -0.2) is 5.78 Å². The molecule has 3 aromatic rings. The van der Waals surface area contributed by atoms with Gasteiger partial charge in [-0.15, -0.1) is 0 Å². The molecule has 0 atom stereocenters. The van der Waals surface area contributed by atoms with Gasteiger partial charge in [-0.05, 0) is 77.6 Å². The Kier molecular flexibility index (Phi) is 11.2. The average molecular weight is 599 g/mol. The second kappa shape index (κ2) is 14.8. The van der Waals surface area contributed by atoms with Gasteiger partial charge in [-0.3, -0.25) is 4.79 Å². The van der Waals surface area contributed by atoms with Crippen molar-refractivity contribution in [3.8, 4) is 17.2 Å². The van der Waals surface area contributed by atoms with E-state index in [-0.39, 0.29) is 11.2 Å². The largest absolute Gasteiger partial charge is 0.289 e. The van der Waals surface area contributed by atoms with Gasteiger partial charge in [0.05, 0.1) is 11.6 Å². The maximum Gasteiger partial charge on any atom is 0.193 e. The summed E-state index contributed by atoms with van der Waals surface area (Å²) >= 11 is 3.78. The van der Waals surface area contributed by atoms with Crippen molar-refractivity contribution in [2.75, 3.05) is 0 Å². The summed E-state index contributed by atoms with van der Waals surface area (Å²) in [6.45, 7) is 4.55. The first-order valence-electron chi connectivity index (χ1n) is 15.5. The molecule has 3 aromatic carbocycles. The van der Waals surface area contributed by atoms with Crippen molar-refractivity contribution < 1.29 is 4.79 Å². The van der Waals surface area contributed by atoms with E-state index < -0.39 is 0 Å². The minimum Gasteiger partial charge on any atom is -0.289 e. The van der Waals surface area contributed by atoms with E-state index in [0.29, 0.717) is 11.1 Å². The Morgan fingerprint density at radius 2 is 1.18 bits per heavy atom. The molecule has 210 valence electrons. The van der Waals surface area contributed by atoms with E-state index in [0.717, 1.165) is 22.9 Å². The smallest absolute Gasteiger partial charge is 0.193 e. The van der Waals surface area contributed by atoms with E-state index >= 15 is 0 Å². The van der Waals surface area contributed by atoms with E-state index in [1.54, 1.807) is 24.3 Å². The molecule has 0 unspecified atom stereocenters. The second-order valence-electron chi connectivity index (χ2n) is 11.6. The van der Waals surface area contributed by atoms with Gasteiger partial charge in [-0.25, -0.2) is 0 Å². The molecule has 0 radical (unpaired) electrons.